The monoisotopic (exact) mass is 284 g/mol. The number of hydrogen-bond acceptors (Lipinski definition) is 5. The van der Waals surface area contributed by atoms with E-state index in [1.165, 1.54) is 0 Å². The summed E-state index contributed by atoms with van der Waals surface area (Å²) in [6, 6.07) is 4.06. The maximum Gasteiger partial charge on any atom is 0.134 e. The SMILES string of the molecule is CCN(CC)Sc1cc(OC)c(CCN)cc1OC. The lowest BCUT2D eigenvalue weighted by atomic mass is 10.1. The van der Waals surface area contributed by atoms with E-state index in [2.05, 4.69) is 18.2 Å². The predicted molar refractivity (Wildman–Crippen MR) is 81.1 cm³/mol. The molecule has 0 amide bonds. The Hall–Kier alpha value is -0.910. The summed E-state index contributed by atoms with van der Waals surface area (Å²) in [6.07, 6.45) is 0.787. The van der Waals surface area contributed by atoms with Crippen molar-refractivity contribution in [2.75, 3.05) is 33.9 Å². The molecule has 2 N–H and O–H groups in total. The van der Waals surface area contributed by atoms with Crippen molar-refractivity contribution in [1.29, 1.82) is 0 Å². The minimum Gasteiger partial charge on any atom is -0.496 e. The first-order valence-corrected chi connectivity index (χ1v) is 7.35. The zero-order chi connectivity index (χ0) is 14.3. The van der Waals surface area contributed by atoms with Crippen LogP contribution < -0.4 is 15.2 Å². The largest absolute Gasteiger partial charge is 0.496 e. The predicted octanol–water partition coefficient (Wildman–Crippen LogP) is 2.55. The van der Waals surface area contributed by atoms with Gasteiger partial charge in [-0.3, -0.25) is 0 Å². The number of nitrogens with zero attached hydrogens (tertiary/aromatic N) is 1. The Morgan fingerprint density at radius 3 is 2.21 bits per heavy atom. The summed E-state index contributed by atoms with van der Waals surface area (Å²) in [5.41, 5.74) is 6.72. The first kappa shape index (κ1) is 16.1. The fourth-order valence-corrected chi connectivity index (χ4v) is 2.78. The zero-order valence-electron chi connectivity index (χ0n) is 12.2. The standard InChI is InChI=1S/C14H24N2O2S/c1-5-16(6-2)19-14-10-12(17-3)11(7-8-15)9-13(14)18-4/h9-10H,5-8,15H2,1-4H3. The molecule has 0 spiro atoms. The van der Waals surface area contributed by atoms with Crippen LogP contribution in [0.3, 0.4) is 0 Å². The molecule has 0 heterocycles. The summed E-state index contributed by atoms with van der Waals surface area (Å²) >= 11 is 1.69. The van der Waals surface area contributed by atoms with E-state index < -0.39 is 0 Å². The molecule has 108 valence electrons. The van der Waals surface area contributed by atoms with Crippen LogP contribution in [0.25, 0.3) is 0 Å². The molecule has 1 aromatic carbocycles. The van der Waals surface area contributed by atoms with Crippen molar-refractivity contribution in [3.05, 3.63) is 17.7 Å². The van der Waals surface area contributed by atoms with E-state index in [1.54, 1.807) is 26.2 Å². The first-order valence-electron chi connectivity index (χ1n) is 6.57. The van der Waals surface area contributed by atoms with Crippen molar-refractivity contribution in [3.8, 4) is 11.5 Å². The van der Waals surface area contributed by atoms with Gasteiger partial charge in [-0.15, -0.1) is 0 Å². The molecule has 0 unspecified atom stereocenters. The van der Waals surface area contributed by atoms with Crippen LogP contribution in [0.5, 0.6) is 11.5 Å². The molecule has 1 aromatic rings. The Morgan fingerprint density at radius 1 is 1.11 bits per heavy atom. The quantitative estimate of drug-likeness (QED) is 0.743. The average molecular weight is 284 g/mol. The van der Waals surface area contributed by atoms with Gasteiger partial charge in [0.1, 0.15) is 11.5 Å². The van der Waals surface area contributed by atoms with Crippen molar-refractivity contribution in [2.45, 2.75) is 25.2 Å². The van der Waals surface area contributed by atoms with Gasteiger partial charge in [-0.1, -0.05) is 13.8 Å². The van der Waals surface area contributed by atoms with Crippen molar-refractivity contribution in [2.24, 2.45) is 5.73 Å². The van der Waals surface area contributed by atoms with Gasteiger partial charge in [0.25, 0.3) is 0 Å². The van der Waals surface area contributed by atoms with Gasteiger partial charge in [0.15, 0.2) is 0 Å². The third-order valence-corrected chi connectivity index (χ3v) is 4.20. The topological polar surface area (TPSA) is 47.7 Å². The molecule has 5 heteroatoms. The van der Waals surface area contributed by atoms with Gasteiger partial charge in [0.2, 0.25) is 0 Å². The van der Waals surface area contributed by atoms with Gasteiger partial charge in [-0.2, -0.15) is 0 Å². The second kappa shape index (κ2) is 8.30. The minimum absolute atomic E-state index is 0.599. The molecule has 0 aromatic heterocycles. The van der Waals surface area contributed by atoms with Crippen LogP contribution in [0, 0.1) is 0 Å². The maximum atomic E-state index is 5.63. The second-order valence-electron chi connectivity index (χ2n) is 4.06. The van der Waals surface area contributed by atoms with E-state index >= 15 is 0 Å². The fraction of sp³-hybridized carbons (Fsp3) is 0.571. The smallest absolute Gasteiger partial charge is 0.134 e. The van der Waals surface area contributed by atoms with Crippen LogP contribution in [-0.4, -0.2) is 38.2 Å². The molecule has 0 radical (unpaired) electrons. The number of rotatable bonds is 8. The van der Waals surface area contributed by atoms with E-state index in [9.17, 15) is 0 Å². The Balaban J connectivity index is 3.08. The fourth-order valence-electron chi connectivity index (χ4n) is 1.85. The van der Waals surface area contributed by atoms with Crippen molar-refractivity contribution >= 4 is 11.9 Å². The Morgan fingerprint density at radius 2 is 1.74 bits per heavy atom. The van der Waals surface area contributed by atoms with Gasteiger partial charge in [-0.25, -0.2) is 4.31 Å². The van der Waals surface area contributed by atoms with Crippen LogP contribution in [-0.2, 0) is 6.42 Å². The van der Waals surface area contributed by atoms with Gasteiger partial charge < -0.3 is 15.2 Å². The molecule has 1 rings (SSSR count). The molecule has 0 aliphatic heterocycles. The maximum absolute atomic E-state index is 5.63. The Kier molecular flexibility index (Phi) is 7.05. The highest BCUT2D eigenvalue weighted by molar-refractivity contribution is 7.97. The number of benzene rings is 1. The summed E-state index contributed by atoms with van der Waals surface area (Å²) < 4.78 is 13.2. The van der Waals surface area contributed by atoms with Crippen LogP contribution in [0.2, 0.25) is 0 Å². The number of methoxy groups -OCH3 is 2. The summed E-state index contributed by atoms with van der Waals surface area (Å²) in [5, 5.41) is 0. The highest BCUT2D eigenvalue weighted by Gasteiger charge is 2.13. The lowest BCUT2D eigenvalue weighted by Gasteiger charge is -2.20. The van der Waals surface area contributed by atoms with Crippen LogP contribution in [0.4, 0.5) is 0 Å². The average Bonchev–Trinajstić information content (AvgIpc) is 2.45. The summed E-state index contributed by atoms with van der Waals surface area (Å²) in [4.78, 5) is 1.07. The first-order chi connectivity index (χ1) is 9.19. The molecular weight excluding hydrogens is 260 g/mol. The van der Waals surface area contributed by atoms with Crippen LogP contribution in [0.15, 0.2) is 17.0 Å². The highest BCUT2D eigenvalue weighted by atomic mass is 32.2. The molecule has 0 fully saturated rings. The van der Waals surface area contributed by atoms with E-state index in [4.69, 9.17) is 15.2 Å². The van der Waals surface area contributed by atoms with Crippen LogP contribution in [0.1, 0.15) is 19.4 Å². The molecular formula is C14H24N2O2S. The molecule has 19 heavy (non-hydrogen) atoms. The van der Waals surface area contributed by atoms with Crippen molar-refractivity contribution in [1.82, 2.24) is 4.31 Å². The molecule has 0 bridgehead atoms. The zero-order valence-corrected chi connectivity index (χ0v) is 13.0. The highest BCUT2D eigenvalue weighted by Crippen LogP contribution is 2.37. The lowest BCUT2D eigenvalue weighted by Crippen LogP contribution is -2.14. The summed E-state index contributed by atoms with van der Waals surface area (Å²) in [7, 11) is 3.38. The summed E-state index contributed by atoms with van der Waals surface area (Å²) in [6.45, 7) is 6.85. The Labute approximate surface area is 120 Å². The van der Waals surface area contributed by atoms with Gasteiger partial charge >= 0.3 is 0 Å². The molecule has 0 atom stereocenters. The van der Waals surface area contributed by atoms with Gasteiger partial charge in [0, 0.05) is 13.1 Å². The van der Waals surface area contributed by atoms with Crippen molar-refractivity contribution in [3.63, 3.8) is 0 Å². The minimum atomic E-state index is 0.599. The molecule has 0 aliphatic carbocycles. The third kappa shape index (κ3) is 4.30. The second-order valence-corrected chi connectivity index (χ2v) is 5.20. The van der Waals surface area contributed by atoms with E-state index in [0.717, 1.165) is 41.5 Å². The number of hydrogen-bond donors (Lipinski definition) is 1. The summed E-state index contributed by atoms with van der Waals surface area (Å²) in [5.74, 6) is 1.75. The molecule has 4 nitrogen and oxygen atoms in total. The normalized spacial score (nSPS) is 10.8. The number of ether oxygens (including phenoxy) is 2. The third-order valence-electron chi connectivity index (χ3n) is 2.91. The molecule has 0 aliphatic rings. The number of nitrogens with two attached hydrogens (primary N) is 1. The molecule has 0 saturated heterocycles. The molecule has 0 saturated carbocycles. The van der Waals surface area contributed by atoms with Gasteiger partial charge in [0.05, 0.1) is 19.1 Å². The lowest BCUT2D eigenvalue weighted by molar-refractivity contribution is 0.389. The van der Waals surface area contributed by atoms with E-state index in [1.807, 2.05) is 12.1 Å². The van der Waals surface area contributed by atoms with E-state index in [-0.39, 0.29) is 0 Å². The van der Waals surface area contributed by atoms with Gasteiger partial charge in [-0.05, 0) is 42.6 Å². The Bertz CT molecular complexity index is 395. The van der Waals surface area contributed by atoms with E-state index in [0.29, 0.717) is 6.54 Å². The van der Waals surface area contributed by atoms with Crippen molar-refractivity contribution < 1.29 is 9.47 Å². The van der Waals surface area contributed by atoms with Crippen LogP contribution >= 0.6 is 11.9 Å².